The lowest BCUT2D eigenvalue weighted by Gasteiger charge is -2.05. The molecule has 0 spiro atoms. The number of phenols is 1. The second-order valence-corrected chi connectivity index (χ2v) is 4.03. The number of aromatic hydroxyl groups is 1. The largest absolute Gasteiger partial charge is 0.508 e. The van der Waals surface area contributed by atoms with E-state index in [0.29, 0.717) is 9.32 Å². The van der Waals surface area contributed by atoms with Gasteiger partial charge in [0.1, 0.15) is 15.1 Å². The molecule has 0 aliphatic heterocycles. The van der Waals surface area contributed by atoms with Crippen LogP contribution < -0.4 is 10.3 Å². The topological polar surface area (TPSA) is 75.2 Å². The number of benzene rings is 1. The van der Waals surface area contributed by atoms with E-state index < -0.39 is 0 Å². The van der Waals surface area contributed by atoms with Crippen molar-refractivity contribution in [1.82, 2.24) is 9.97 Å². The molecule has 0 unspecified atom stereocenters. The van der Waals surface area contributed by atoms with Gasteiger partial charge in [-0.1, -0.05) is 0 Å². The summed E-state index contributed by atoms with van der Waals surface area (Å²) >= 11 is 1.86. The van der Waals surface area contributed by atoms with Crippen molar-refractivity contribution in [3.05, 3.63) is 44.5 Å². The maximum atomic E-state index is 11.3. The van der Waals surface area contributed by atoms with Gasteiger partial charge in [-0.25, -0.2) is 4.98 Å². The molecular weight excluding hydrogens is 323 g/mol. The SMILES string of the molecule is O=c1[nH]cnc(Oc2ccc(O)cc2)c1I. The highest BCUT2D eigenvalue weighted by Crippen LogP contribution is 2.23. The van der Waals surface area contributed by atoms with E-state index in [-0.39, 0.29) is 17.2 Å². The van der Waals surface area contributed by atoms with E-state index in [1.54, 1.807) is 12.1 Å². The maximum absolute atomic E-state index is 11.3. The number of ether oxygens (including phenoxy) is 1. The number of phenolic OH excluding ortho intramolecular Hbond substituents is 1. The van der Waals surface area contributed by atoms with Crippen LogP contribution in [0.4, 0.5) is 0 Å². The van der Waals surface area contributed by atoms with Gasteiger partial charge in [0, 0.05) is 0 Å². The smallest absolute Gasteiger partial charge is 0.268 e. The summed E-state index contributed by atoms with van der Waals surface area (Å²) in [6.07, 6.45) is 1.28. The van der Waals surface area contributed by atoms with Crippen LogP contribution in [0.25, 0.3) is 0 Å². The average molecular weight is 330 g/mol. The summed E-state index contributed by atoms with van der Waals surface area (Å²) in [5, 5.41) is 9.09. The highest BCUT2D eigenvalue weighted by molar-refractivity contribution is 14.1. The molecular formula is C10H7IN2O3. The molecule has 82 valence electrons. The molecule has 0 atom stereocenters. The summed E-state index contributed by atoms with van der Waals surface area (Å²) in [7, 11) is 0. The van der Waals surface area contributed by atoms with E-state index in [4.69, 9.17) is 9.84 Å². The second kappa shape index (κ2) is 4.52. The first-order chi connectivity index (χ1) is 7.66. The average Bonchev–Trinajstić information content (AvgIpc) is 2.28. The zero-order valence-corrected chi connectivity index (χ0v) is 10.1. The van der Waals surface area contributed by atoms with E-state index >= 15 is 0 Å². The molecule has 0 bridgehead atoms. The second-order valence-electron chi connectivity index (χ2n) is 2.95. The minimum atomic E-state index is -0.246. The molecule has 5 nitrogen and oxygen atoms in total. The third kappa shape index (κ3) is 2.32. The van der Waals surface area contributed by atoms with Gasteiger partial charge < -0.3 is 14.8 Å². The fourth-order valence-corrected chi connectivity index (χ4v) is 1.47. The Bertz CT molecular complexity index is 551. The van der Waals surface area contributed by atoms with Gasteiger partial charge in [0.05, 0.1) is 6.33 Å². The minimum Gasteiger partial charge on any atom is -0.508 e. The van der Waals surface area contributed by atoms with Crippen molar-refractivity contribution in [3.63, 3.8) is 0 Å². The minimum absolute atomic E-state index is 0.154. The van der Waals surface area contributed by atoms with Crippen LogP contribution in [0.1, 0.15) is 0 Å². The number of nitrogens with one attached hydrogen (secondary N) is 1. The zero-order chi connectivity index (χ0) is 11.5. The monoisotopic (exact) mass is 330 g/mol. The lowest BCUT2D eigenvalue weighted by atomic mass is 10.3. The number of hydrogen-bond acceptors (Lipinski definition) is 4. The van der Waals surface area contributed by atoms with Crippen LogP contribution in [-0.4, -0.2) is 15.1 Å². The number of nitrogens with zero attached hydrogens (tertiary/aromatic N) is 1. The molecule has 0 fully saturated rings. The third-order valence-corrected chi connectivity index (χ3v) is 2.77. The Hall–Kier alpha value is -1.57. The fourth-order valence-electron chi connectivity index (χ4n) is 1.06. The maximum Gasteiger partial charge on any atom is 0.268 e. The van der Waals surface area contributed by atoms with Gasteiger partial charge in [-0.3, -0.25) is 4.79 Å². The van der Waals surface area contributed by atoms with Gasteiger partial charge in [-0.05, 0) is 46.9 Å². The highest BCUT2D eigenvalue weighted by atomic mass is 127. The molecule has 0 aliphatic carbocycles. The van der Waals surface area contributed by atoms with Crippen molar-refractivity contribution in [3.8, 4) is 17.4 Å². The van der Waals surface area contributed by atoms with Crippen LogP contribution in [0.5, 0.6) is 17.4 Å². The first-order valence-electron chi connectivity index (χ1n) is 4.37. The molecule has 1 aromatic carbocycles. The predicted molar refractivity (Wildman–Crippen MR) is 65.8 cm³/mol. The molecule has 0 amide bonds. The predicted octanol–water partition coefficient (Wildman–Crippen LogP) is 1.87. The van der Waals surface area contributed by atoms with Crippen molar-refractivity contribution >= 4 is 22.6 Å². The van der Waals surface area contributed by atoms with Gasteiger partial charge in [-0.2, -0.15) is 0 Å². The Kier molecular flexibility index (Phi) is 3.09. The van der Waals surface area contributed by atoms with Gasteiger partial charge in [0.25, 0.3) is 5.56 Å². The van der Waals surface area contributed by atoms with E-state index in [2.05, 4.69) is 9.97 Å². The molecule has 6 heteroatoms. The van der Waals surface area contributed by atoms with Crippen molar-refractivity contribution in [2.45, 2.75) is 0 Å². The van der Waals surface area contributed by atoms with Gasteiger partial charge >= 0.3 is 0 Å². The van der Waals surface area contributed by atoms with Crippen molar-refractivity contribution < 1.29 is 9.84 Å². The van der Waals surface area contributed by atoms with Crippen molar-refractivity contribution in [2.24, 2.45) is 0 Å². The van der Waals surface area contributed by atoms with Gasteiger partial charge in [0.15, 0.2) is 0 Å². The van der Waals surface area contributed by atoms with Crippen LogP contribution in [0.15, 0.2) is 35.4 Å². The quantitative estimate of drug-likeness (QED) is 0.825. The molecule has 1 aromatic heterocycles. The molecule has 2 aromatic rings. The fraction of sp³-hybridized carbons (Fsp3) is 0. The van der Waals surface area contributed by atoms with E-state index in [1.807, 2.05) is 22.6 Å². The van der Waals surface area contributed by atoms with Gasteiger partial charge in [0.2, 0.25) is 5.88 Å². The third-order valence-electron chi connectivity index (χ3n) is 1.82. The molecule has 2 N–H and O–H groups in total. The van der Waals surface area contributed by atoms with Crippen LogP contribution in [0.2, 0.25) is 0 Å². The number of rotatable bonds is 2. The Labute approximate surface area is 104 Å². The summed E-state index contributed by atoms with van der Waals surface area (Å²) in [6.45, 7) is 0. The Morgan fingerprint density at radius 1 is 1.31 bits per heavy atom. The molecule has 1 heterocycles. The van der Waals surface area contributed by atoms with Crippen LogP contribution >= 0.6 is 22.6 Å². The summed E-state index contributed by atoms with van der Waals surface area (Å²) < 4.78 is 5.78. The first kappa shape index (κ1) is 10.9. The molecule has 2 rings (SSSR count). The van der Waals surface area contributed by atoms with E-state index in [1.165, 1.54) is 18.5 Å². The van der Waals surface area contributed by atoms with Gasteiger partial charge in [-0.15, -0.1) is 0 Å². The number of hydrogen-bond donors (Lipinski definition) is 2. The molecule has 16 heavy (non-hydrogen) atoms. The first-order valence-corrected chi connectivity index (χ1v) is 5.45. The van der Waals surface area contributed by atoms with Crippen LogP contribution in [0, 0.1) is 3.57 Å². The Morgan fingerprint density at radius 2 is 2.00 bits per heavy atom. The Balaban J connectivity index is 2.30. The lowest BCUT2D eigenvalue weighted by molar-refractivity contribution is 0.449. The lowest BCUT2D eigenvalue weighted by Crippen LogP contribution is -2.11. The summed E-state index contributed by atoms with van der Waals surface area (Å²) in [5.41, 5.74) is -0.246. The highest BCUT2D eigenvalue weighted by Gasteiger charge is 2.07. The Morgan fingerprint density at radius 3 is 2.69 bits per heavy atom. The summed E-state index contributed by atoms with van der Waals surface area (Å²) in [4.78, 5) is 17.6. The van der Waals surface area contributed by atoms with Crippen LogP contribution in [0.3, 0.4) is 0 Å². The molecule has 0 aliphatic rings. The number of aromatic nitrogens is 2. The molecule has 0 radical (unpaired) electrons. The van der Waals surface area contributed by atoms with E-state index in [9.17, 15) is 4.79 Å². The molecule has 0 saturated heterocycles. The molecule has 0 saturated carbocycles. The van der Waals surface area contributed by atoms with Crippen LogP contribution in [-0.2, 0) is 0 Å². The van der Waals surface area contributed by atoms with E-state index in [0.717, 1.165) is 0 Å². The standard InChI is InChI=1S/C10H7IN2O3/c11-8-9(15)12-5-13-10(8)16-7-3-1-6(14)2-4-7/h1-5,14H,(H,12,13,15). The number of halogens is 1. The summed E-state index contributed by atoms with van der Waals surface area (Å²) in [6, 6.07) is 6.17. The number of H-pyrrole nitrogens is 1. The zero-order valence-electron chi connectivity index (χ0n) is 7.98. The summed E-state index contributed by atoms with van der Waals surface area (Å²) in [5.74, 6) is 0.907. The van der Waals surface area contributed by atoms with Crippen molar-refractivity contribution in [2.75, 3.05) is 0 Å². The number of aromatic amines is 1. The van der Waals surface area contributed by atoms with Crippen molar-refractivity contribution in [1.29, 1.82) is 0 Å². The normalized spacial score (nSPS) is 10.1.